The van der Waals surface area contributed by atoms with Crippen LogP contribution in [0.4, 0.5) is 0 Å². The molecule has 2 N–H and O–H groups in total. The number of aryl methyl sites for hydroxylation is 1. The first kappa shape index (κ1) is 21.5. The molecule has 0 spiro atoms. The van der Waals surface area contributed by atoms with Crippen LogP contribution in [0.25, 0.3) is 11.3 Å². The van der Waals surface area contributed by atoms with Crippen molar-refractivity contribution in [1.82, 2.24) is 15.1 Å². The van der Waals surface area contributed by atoms with Crippen molar-refractivity contribution in [1.29, 1.82) is 0 Å². The second-order valence-electron chi connectivity index (χ2n) is 7.08. The normalized spacial score (nSPS) is 15.4. The van der Waals surface area contributed by atoms with Gasteiger partial charge in [-0.2, -0.15) is 5.10 Å². The fourth-order valence-corrected chi connectivity index (χ4v) is 3.82. The number of ether oxygens (including phenoxy) is 2. The largest absolute Gasteiger partial charge is 1.00 e. The molecular formula is C22H23FN3O4-. The molecule has 2 aromatic carbocycles. The van der Waals surface area contributed by atoms with Gasteiger partial charge in [-0.1, -0.05) is 29.8 Å². The molecule has 1 aromatic heterocycles. The van der Waals surface area contributed by atoms with Crippen LogP contribution in [0.1, 0.15) is 33.2 Å². The Labute approximate surface area is 173 Å². The number of fused-ring (bicyclic) bond motifs is 1. The van der Waals surface area contributed by atoms with Crippen LogP contribution in [-0.2, 0) is 9.47 Å². The van der Waals surface area contributed by atoms with Gasteiger partial charge in [-0.3, -0.25) is 9.89 Å². The molecule has 7 nitrogen and oxygen atoms in total. The zero-order valence-corrected chi connectivity index (χ0v) is 16.9. The Hall–Kier alpha value is -3.23. The molecule has 1 aliphatic heterocycles. The molecular weight excluding hydrogens is 389 g/mol. The minimum Gasteiger partial charge on any atom is -1.00 e. The molecule has 4 rings (SSSR count). The van der Waals surface area contributed by atoms with Crippen LogP contribution in [0.2, 0.25) is 0 Å². The highest BCUT2D eigenvalue weighted by Crippen LogP contribution is 2.43. The minimum atomic E-state index is -0.541. The number of carbonyl (C=O) groups is 1. The van der Waals surface area contributed by atoms with Gasteiger partial charge in [-0.15, -0.1) is 0 Å². The number of nitrogens with zero attached hydrogens (tertiary/aromatic N) is 2. The average molecular weight is 412 g/mol. The van der Waals surface area contributed by atoms with Gasteiger partial charge in [-0.25, -0.2) is 0 Å². The van der Waals surface area contributed by atoms with E-state index in [-0.39, 0.29) is 28.9 Å². The third-order valence-electron chi connectivity index (χ3n) is 5.23. The summed E-state index contributed by atoms with van der Waals surface area (Å²) in [5, 5.41) is 17.0. The molecule has 1 aliphatic rings. The number of aromatic nitrogens is 2. The number of benzene rings is 2. The molecule has 3 aromatic rings. The van der Waals surface area contributed by atoms with E-state index < -0.39 is 6.29 Å². The van der Waals surface area contributed by atoms with Crippen LogP contribution >= 0.6 is 0 Å². The fraction of sp³-hybridized carbons (Fsp3) is 0.273. The van der Waals surface area contributed by atoms with Gasteiger partial charge in [0.25, 0.3) is 5.91 Å². The van der Waals surface area contributed by atoms with E-state index in [1.807, 2.05) is 25.1 Å². The summed E-state index contributed by atoms with van der Waals surface area (Å²) >= 11 is 0. The van der Waals surface area contributed by atoms with Crippen LogP contribution in [0.3, 0.4) is 0 Å². The van der Waals surface area contributed by atoms with Gasteiger partial charge in [0.15, 0.2) is 6.29 Å². The topological polar surface area (TPSA) is 87.7 Å². The number of H-pyrrole nitrogens is 1. The van der Waals surface area contributed by atoms with E-state index >= 15 is 0 Å². The lowest BCUT2D eigenvalue weighted by Gasteiger charge is -2.29. The predicted octanol–water partition coefficient (Wildman–Crippen LogP) is 0.259. The summed E-state index contributed by atoms with van der Waals surface area (Å²) in [4.78, 5) is 15.0. The maximum absolute atomic E-state index is 13.2. The van der Waals surface area contributed by atoms with E-state index in [1.165, 1.54) is 0 Å². The molecule has 158 valence electrons. The third kappa shape index (κ3) is 3.67. The molecule has 0 radical (unpaired) electrons. The van der Waals surface area contributed by atoms with E-state index in [9.17, 15) is 9.90 Å². The average Bonchev–Trinajstić information content (AvgIpc) is 3.26. The summed E-state index contributed by atoms with van der Waals surface area (Å²) in [7, 11) is 3.11. The molecule has 0 saturated heterocycles. The van der Waals surface area contributed by atoms with Crippen LogP contribution < -0.4 is 4.70 Å². The highest BCUT2D eigenvalue weighted by Gasteiger charge is 2.43. The standard InChI is InChI=1S/C22H23N3O4.FH/c1-13-5-4-6-15(11-13)21-18-19(14-7-9-16(26)10-8-14)23-24-20(18)22(27)25(21)12-17(28-2)29-3;/h4-11,17,21,26H,12H2,1-3H3,(H,23,24);1H/p-1. The lowest BCUT2D eigenvalue weighted by molar-refractivity contribution is -0.113. The SMILES string of the molecule is COC(CN1C(=O)c2[nH]nc(-c3ccc(O)cc3)c2C1c1cccc(C)c1)OC.[F-]. The molecule has 1 unspecified atom stereocenters. The Morgan fingerprint density at radius 3 is 2.50 bits per heavy atom. The zero-order valence-electron chi connectivity index (χ0n) is 16.9. The number of halogens is 1. The van der Waals surface area contributed by atoms with E-state index in [1.54, 1.807) is 43.4 Å². The Morgan fingerprint density at radius 2 is 1.87 bits per heavy atom. The molecule has 0 bridgehead atoms. The van der Waals surface area contributed by atoms with E-state index in [0.29, 0.717) is 11.4 Å². The first-order chi connectivity index (χ1) is 14.0. The van der Waals surface area contributed by atoms with Crippen LogP contribution in [0.5, 0.6) is 5.75 Å². The molecule has 2 heterocycles. The van der Waals surface area contributed by atoms with Crippen molar-refractivity contribution >= 4 is 5.91 Å². The number of phenols is 1. The maximum Gasteiger partial charge on any atom is 0.273 e. The predicted molar refractivity (Wildman–Crippen MR) is 108 cm³/mol. The Kier molecular flexibility index (Phi) is 6.19. The number of hydrogen-bond acceptors (Lipinski definition) is 5. The number of nitrogens with one attached hydrogen (secondary N) is 1. The third-order valence-corrected chi connectivity index (χ3v) is 5.23. The fourth-order valence-electron chi connectivity index (χ4n) is 3.82. The van der Waals surface area contributed by atoms with Crippen molar-refractivity contribution in [2.24, 2.45) is 0 Å². The van der Waals surface area contributed by atoms with Gasteiger partial charge in [-0.05, 0) is 36.8 Å². The van der Waals surface area contributed by atoms with E-state index in [2.05, 4.69) is 16.3 Å². The van der Waals surface area contributed by atoms with Gasteiger partial charge in [0, 0.05) is 25.3 Å². The Morgan fingerprint density at radius 1 is 1.17 bits per heavy atom. The number of methoxy groups -OCH3 is 2. The Balaban J connectivity index is 0.00000256. The van der Waals surface area contributed by atoms with E-state index in [4.69, 9.17) is 9.47 Å². The first-order valence-corrected chi connectivity index (χ1v) is 9.34. The van der Waals surface area contributed by atoms with Crippen molar-refractivity contribution in [3.8, 4) is 17.0 Å². The molecule has 8 heteroatoms. The summed E-state index contributed by atoms with van der Waals surface area (Å²) in [6, 6.07) is 14.6. The maximum atomic E-state index is 13.2. The molecule has 30 heavy (non-hydrogen) atoms. The lowest BCUT2D eigenvalue weighted by atomic mass is 9.95. The number of aromatic amines is 1. The number of phenolic OH excluding ortho intramolecular Hbond substituents is 1. The summed E-state index contributed by atoms with van der Waals surface area (Å²) in [6.07, 6.45) is -0.541. The number of hydrogen-bond donors (Lipinski definition) is 2. The monoisotopic (exact) mass is 412 g/mol. The summed E-state index contributed by atoms with van der Waals surface area (Å²) in [6.45, 7) is 2.30. The second-order valence-corrected chi connectivity index (χ2v) is 7.08. The van der Waals surface area contributed by atoms with Crippen LogP contribution in [0.15, 0.2) is 48.5 Å². The van der Waals surface area contributed by atoms with Crippen molar-refractivity contribution in [3.63, 3.8) is 0 Å². The van der Waals surface area contributed by atoms with Gasteiger partial charge in [0.05, 0.1) is 18.3 Å². The van der Waals surface area contributed by atoms with Crippen molar-refractivity contribution in [2.75, 3.05) is 20.8 Å². The number of carbonyl (C=O) groups excluding carboxylic acids is 1. The molecule has 0 saturated carbocycles. The smallest absolute Gasteiger partial charge is 0.273 e. The number of aromatic hydroxyl groups is 1. The zero-order chi connectivity index (χ0) is 20.5. The quantitative estimate of drug-likeness (QED) is 0.567. The highest BCUT2D eigenvalue weighted by molar-refractivity contribution is 6.00. The molecule has 0 fully saturated rings. The van der Waals surface area contributed by atoms with Crippen molar-refractivity contribution in [3.05, 3.63) is 70.9 Å². The van der Waals surface area contributed by atoms with Crippen LogP contribution in [-0.4, -0.2) is 53.2 Å². The molecule has 1 amide bonds. The van der Waals surface area contributed by atoms with Gasteiger partial charge in [0.1, 0.15) is 11.4 Å². The van der Waals surface area contributed by atoms with Gasteiger partial charge in [0.2, 0.25) is 0 Å². The van der Waals surface area contributed by atoms with Gasteiger partial charge >= 0.3 is 0 Å². The summed E-state index contributed by atoms with van der Waals surface area (Å²) in [5.74, 6) is 0.0278. The second kappa shape index (κ2) is 8.64. The summed E-state index contributed by atoms with van der Waals surface area (Å²) in [5.41, 5.74) is 4.89. The molecule has 0 aliphatic carbocycles. The first-order valence-electron chi connectivity index (χ1n) is 9.34. The Bertz CT molecular complexity index is 1030. The van der Waals surface area contributed by atoms with E-state index in [0.717, 1.165) is 22.3 Å². The number of rotatable bonds is 6. The molecule has 1 atom stereocenters. The van der Waals surface area contributed by atoms with Crippen LogP contribution in [0, 0.1) is 6.92 Å². The van der Waals surface area contributed by atoms with Crippen molar-refractivity contribution < 1.29 is 24.1 Å². The lowest BCUT2D eigenvalue weighted by Crippen LogP contribution is -3.00. The minimum absolute atomic E-state index is 0. The van der Waals surface area contributed by atoms with Crippen molar-refractivity contribution in [2.45, 2.75) is 19.3 Å². The number of amides is 1. The summed E-state index contributed by atoms with van der Waals surface area (Å²) < 4.78 is 10.7. The highest BCUT2D eigenvalue weighted by atomic mass is 19.0. The van der Waals surface area contributed by atoms with Gasteiger partial charge < -0.3 is 24.2 Å².